The second kappa shape index (κ2) is 13.1. The van der Waals surface area contributed by atoms with E-state index in [2.05, 4.69) is 25.4 Å². The molecule has 1 atom stereocenters. The highest BCUT2D eigenvalue weighted by atomic mass is 16.5. The normalized spacial score (nSPS) is 21.9. The van der Waals surface area contributed by atoms with Crippen LogP contribution in [0.5, 0.6) is 0 Å². The lowest BCUT2D eigenvalue weighted by Gasteiger charge is -2.33. The number of aliphatic hydroxyl groups is 1. The number of nitrogens with one attached hydrogen (secondary N) is 2. The summed E-state index contributed by atoms with van der Waals surface area (Å²) in [5, 5.41) is 17.3. The number of β-amino-alcohol motifs (C(OH)–C–C–N with tert-alkyl or cyclic N) is 1. The van der Waals surface area contributed by atoms with Gasteiger partial charge in [-0.25, -0.2) is 0 Å². The number of primary amides is 1. The molecule has 5 N–H and O–H groups in total. The number of amides is 1. The van der Waals surface area contributed by atoms with Crippen LogP contribution in [0.4, 0.5) is 0 Å². The number of unbranched alkanes of at least 4 members (excludes halogenated alkanes) is 1. The van der Waals surface area contributed by atoms with Crippen LogP contribution < -0.4 is 16.4 Å². The number of nitrogens with zero attached hydrogens (tertiary/aromatic N) is 3. The van der Waals surface area contributed by atoms with Crippen LogP contribution in [0, 0.1) is 5.92 Å². The largest absolute Gasteiger partial charge is 0.387 e. The maximum absolute atomic E-state index is 11.2. The lowest BCUT2D eigenvalue weighted by Crippen LogP contribution is -2.48. The molecular formula is C21H42N6O3. The maximum atomic E-state index is 11.2. The molecule has 30 heavy (non-hydrogen) atoms. The fourth-order valence-electron chi connectivity index (χ4n) is 3.99. The Bertz CT molecular complexity index is 529. The van der Waals surface area contributed by atoms with Gasteiger partial charge in [0.25, 0.3) is 0 Å². The third-order valence-corrected chi connectivity index (χ3v) is 5.77. The first-order valence-corrected chi connectivity index (χ1v) is 11.5. The van der Waals surface area contributed by atoms with Crippen molar-refractivity contribution >= 4 is 11.9 Å². The Labute approximate surface area is 181 Å². The van der Waals surface area contributed by atoms with Crippen molar-refractivity contribution in [2.45, 2.75) is 45.1 Å². The van der Waals surface area contributed by atoms with E-state index in [0.29, 0.717) is 13.1 Å². The summed E-state index contributed by atoms with van der Waals surface area (Å²) in [6.07, 6.45) is 3.91. The fourth-order valence-corrected chi connectivity index (χ4v) is 3.99. The highest BCUT2D eigenvalue weighted by Crippen LogP contribution is 2.16. The Hall–Kier alpha value is -1.42. The van der Waals surface area contributed by atoms with Gasteiger partial charge in [0.1, 0.15) is 0 Å². The third kappa shape index (κ3) is 9.59. The van der Waals surface area contributed by atoms with Crippen LogP contribution in [0.1, 0.15) is 39.5 Å². The molecule has 2 rings (SSSR count). The van der Waals surface area contributed by atoms with Gasteiger partial charge in [-0.15, -0.1) is 0 Å². The number of rotatable bonds is 11. The minimum atomic E-state index is -0.864. The van der Waals surface area contributed by atoms with Crippen LogP contribution >= 0.6 is 0 Å². The summed E-state index contributed by atoms with van der Waals surface area (Å²) in [5.74, 6) is 0.655. The van der Waals surface area contributed by atoms with Crippen molar-refractivity contribution in [2.24, 2.45) is 16.6 Å². The molecule has 0 radical (unpaired) electrons. The van der Waals surface area contributed by atoms with Crippen molar-refractivity contribution < 1.29 is 14.6 Å². The Balaban J connectivity index is 1.63. The Morgan fingerprint density at radius 2 is 1.87 bits per heavy atom. The summed E-state index contributed by atoms with van der Waals surface area (Å²) in [6, 6.07) is 0. The fraction of sp³-hybridized carbons (Fsp3) is 0.905. The van der Waals surface area contributed by atoms with Gasteiger partial charge in [0.05, 0.1) is 25.4 Å². The van der Waals surface area contributed by atoms with Crippen molar-refractivity contribution in [3.8, 4) is 0 Å². The first-order chi connectivity index (χ1) is 14.4. The Morgan fingerprint density at radius 3 is 2.50 bits per heavy atom. The summed E-state index contributed by atoms with van der Waals surface area (Å²) in [5.41, 5.74) is 4.53. The van der Waals surface area contributed by atoms with Crippen LogP contribution in [0.3, 0.4) is 0 Å². The molecule has 1 unspecified atom stereocenters. The summed E-state index contributed by atoms with van der Waals surface area (Å²) in [7, 11) is 0. The van der Waals surface area contributed by atoms with Gasteiger partial charge in [-0.1, -0.05) is 0 Å². The van der Waals surface area contributed by atoms with E-state index in [4.69, 9.17) is 10.5 Å². The molecule has 2 aliphatic rings. The monoisotopic (exact) mass is 426 g/mol. The van der Waals surface area contributed by atoms with Crippen LogP contribution in [0.2, 0.25) is 0 Å². The van der Waals surface area contributed by atoms with Crippen LogP contribution in [0.15, 0.2) is 4.99 Å². The Morgan fingerprint density at radius 1 is 1.17 bits per heavy atom. The summed E-state index contributed by atoms with van der Waals surface area (Å²) >= 11 is 0. The van der Waals surface area contributed by atoms with Crippen molar-refractivity contribution in [3.63, 3.8) is 0 Å². The summed E-state index contributed by atoms with van der Waals surface area (Å²) < 4.78 is 5.37. The molecular weight excluding hydrogens is 384 g/mol. The van der Waals surface area contributed by atoms with E-state index < -0.39 is 5.60 Å². The highest BCUT2D eigenvalue weighted by Gasteiger charge is 2.25. The summed E-state index contributed by atoms with van der Waals surface area (Å²) in [4.78, 5) is 20.5. The maximum Gasteiger partial charge on any atom is 0.220 e. The highest BCUT2D eigenvalue weighted by molar-refractivity contribution is 5.79. The molecule has 2 fully saturated rings. The minimum Gasteiger partial charge on any atom is -0.387 e. The zero-order valence-corrected chi connectivity index (χ0v) is 18.9. The van der Waals surface area contributed by atoms with Crippen LogP contribution in [0.25, 0.3) is 0 Å². The SMILES string of the molecule is CCNC(=NCC(C)(O)CN1CCOCC1)NCCCCN1CCC(C(N)=O)CC1. The number of nitrogens with two attached hydrogens (primary N) is 1. The predicted molar refractivity (Wildman–Crippen MR) is 119 cm³/mol. The number of morpholine rings is 1. The smallest absolute Gasteiger partial charge is 0.220 e. The molecule has 174 valence electrons. The molecule has 0 aromatic heterocycles. The summed E-state index contributed by atoms with van der Waals surface area (Å²) in [6.45, 7) is 12.6. The standard InChI is InChI=1S/C21H42N6O3/c1-3-23-20(25-16-21(2,29)17-27-12-14-30-15-13-27)24-8-4-5-9-26-10-6-18(7-11-26)19(22)28/h18,29H,3-17H2,1-2H3,(H2,22,28)(H2,23,24,25). The van der Waals surface area contributed by atoms with Gasteiger partial charge in [0.2, 0.25) is 5.91 Å². The molecule has 0 bridgehead atoms. The zero-order valence-electron chi connectivity index (χ0n) is 18.9. The number of carbonyl (C=O) groups is 1. The number of aliphatic imine (C=N–C) groups is 1. The van der Waals surface area contributed by atoms with Crippen molar-refractivity contribution in [1.82, 2.24) is 20.4 Å². The van der Waals surface area contributed by atoms with Gasteiger partial charge in [-0.05, 0) is 59.2 Å². The van der Waals surface area contributed by atoms with Gasteiger partial charge in [-0.3, -0.25) is 14.7 Å². The number of piperidine rings is 1. The van der Waals surface area contributed by atoms with Gasteiger partial charge in [-0.2, -0.15) is 0 Å². The van der Waals surface area contributed by atoms with E-state index in [9.17, 15) is 9.90 Å². The van der Waals surface area contributed by atoms with E-state index in [1.807, 2.05) is 13.8 Å². The van der Waals surface area contributed by atoms with Gasteiger partial charge in [0.15, 0.2) is 5.96 Å². The van der Waals surface area contributed by atoms with Gasteiger partial charge in [0, 0.05) is 38.6 Å². The van der Waals surface area contributed by atoms with E-state index >= 15 is 0 Å². The molecule has 9 heteroatoms. The second-order valence-electron chi connectivity index (χ2n) is 8.73. The topological polar surface area (TPSA) is 115 Å². The molecule has 0 aromatic carbocycles. The first kappa shape index (κ1) is 24.8. The number of hydrogen-bond donors (Lipinski definition) is 4. The molecule has 2 aliphatic heterocycles. The Kier molecular flexibility index (Phi) is 10.8. The van der Waals surface area contributed by atoms with Gasteiger partial charge < -0.3 is 31.1 Å². The van der Waals surface area contributed by atoms with E-state index in [-0.39, 0.29) is 11.8 Å². The second-order valence-corrected chi connectivity index (χ2v) is 8.73. The number of ether oxygens (including phenoxy) is 1. The van der Waals surface area contributed by atoms with Crippen molar-refractivity contribution in [3.05, 3.63) is 0 Å². The molecule has 2 heterocycles. The lowest BCUT2D eigenvalue weighted by molar-refractivity contribution is -0.123. The van der Waals surface area contributed by atoms with E-state index in [1.165, 1.54) is 0 Å². The zero-order chi connectivity index (χ0) is 21.8. The molecule has 2 saturated heterocycles. The molecule has 0 saturated carbocycles. The minimum absolute atomic E-state index is 0.0576. The number of hydrogen-bond acceptors (Lipinski definition) is 6. The number of guanidine groups is 1. The molecule has 1 amide bonds. The van der Waals surface area contributed by atoms with Crippen LogP contribution in [-0.2, 0) is 9.53 Å². The van der Waals surface area contributed by atoms with Crippen LogP contribution in [-0.4, -0.2) is 104 Å². The van der Waals surface area contributed by atoms with E-state index in [0.717, 1.165) is 90.7 Å². The number of carbonyl (C=O) groups excluding carboxylic acids is 1. The lowest BCUT2D eigenvalue weighted by atomic mass is 9.96. The molecule has 0 aliphatic carbocycles. The molecule has 0 aromatic rings. The quantitative estimate of drug-likeness (QED) is 0.202. The van der Waals surface area contributed by atoms with E-state index in [1.54, 1.807) is 0 Å². The molecule has 0 spiro atoms. The first-order valence-electron chi connectivity index (χ1n) is 11.5. The number of likely N-dealkylation sites (tertiary alicyclic amines) is 1. The van der Waals surface area contributed by atoms with Crippen molar-refractivity contribution in [2.75, 3.05) is 72.1 Å². The molecule has 9 nitrogen and oxygen atoms in total. The average Bonchev–Trinajstić information content (AvgIpc) is 2.72. The van der Waals surface area contributed by atoms with Gasteiger partial charge >= 0.3 is 0 Å². The van der Waals surface area contributed by atoms with Crippen molar-refractivity contribution in [1.29, 1.82) is 0 Å². The third-order valence-electron chi connectivity index (χ3n) is 5.77. The predicted octanol–water partition coefficient (Wildman–Crippen LogP) is -0.398. The average molecular weight is 427 g/mol.